The van der Waals surface area contributed by atoms with Gasteiger partial charge in [-0.05, 0) is 19.1 Å². The van der Waals surface area contributed by atoms with Gasteiger partial charge in [0.2, 0.25) is 11.7 Å². The molecule has 0 amide bonds. The van der Waals surface area contributed by atoms with Crippen LogP contribution in [0.5, 0.6) is 17.2 Å². The number of aryl methyl sites for hydroxylation is 1. The second kappa shape index (κ2) is 8.80. The second-order valence-electron chi connectivity index (χ2n) is 6.04. The predicted molar refractivity (Wildman–Crippen MR) is 111 cm³/mol. The van der Waals surface area contributed by atoms with Gasteiger partial charge in [-0.25, -0.2) is 4.98 Å². The SMILES string of the molecule is COc1cc(Nc2nc(C)cc(Nc3ccccc3C#N)n2)cc(OC)c1OC. The molecule has 0 aliphatic heterocycles. The number of rotatable bonds is 7. The summed E-state index contributed by atoms with van der Waals surface area (Å²) in [6.45, 7) is 1.86. The lowest BCUT2D eigenvalue weighted by Crippen LogP contribution is -2.04. The van der Waals surface area contributed by atoms with E-state index in [2.05, 4.69) is 26.7 Å². The van der Waals surface area contributed by atoms with Gasteiger partial charge in [0, 0.05) is 29.6 Å². The van der Waals surface area contributed by atoms with E-state index in [0.29, 0.717) is 46.0 Å². The minimum absolute atomic E-state index is 0.385. The second-order valence-corrected chi connectivity index (χ2v) is 6.04. The van der Waals surface area contributed by atoms with Crippen LogP contribution in [-0.2, 0) is 0 Å². The van der Waals surface area contributed by atoms with Crippen LogP contribution in [0.15, 0.2) is 42.5 Å². The molecule has 8 heteroatoms. The van der Waals surface area contributed by atoms with Crippen LogP contribution in [0.4, 0.5) is 23.1 Å². The molecule has 148 valence electrons. The lowest BCUT2D eigenvalue weighted by Gasteiger charge is -2.15. The smallest absolute Gasteiger partial charge is 0.229 e. The number of ether oxygens (including phenoxy) is 3. The number of hydrogen-bond acceptors (Lipinski definition) is 8. The Morgan fingerprint density at radius 1 is 0.897 bits per heavy atom. The third kappa shape index (κ3) is 4.47. The lowest BCUT2D eigenvalue weighted by atomic mass is 10.2. The van der Waals surface area contributed by atoms with E-state index < -0.39 is 0 Å². The van der Waals surface area contributed by atoms with Crippen LogP contribution in [0.1, 0.15) is 11.3 Å². The molecule has 1 heterocycles. The molecule has 0 saturated carbocycles. The van der Waals surface area contributed by atoms with Crippen LogP contribution in [0.3, 0.4) is 0 Å². The lowest BCUT2D eigenvalue weighted by molar-refractivity contribution is 0.324. The highest BCUT2D eigenvalue weighted by Gasteiger charge is 2.14. The van der Waals surface area contributed by atoms with Crippen molar-refractivity contribution in [2.24, 2.45) is 0 Å². The Labute approximate surface area is 169 Å². The molecule has 2 aromatic carbocycles. The standard InChI is InChI=1S/C21H21N5O3/c1-13-9-19(25-16-8-6-5-7-14(16)12-22)26-21(23-13)24-15-10-17(27-2)20(29-4)18(11-15)28-3/h5-11H,1-4H3,(H2,23,24,25,26). The van der Waals surface area contributed by atoms with Crippen molar-refractivity contribution < 1.29 is 14.2 Å². The van der Waals surface area contributed by atoms with Crippen molar-refractivity contribution in [2.75, 3.05) is 32.0 Å². The molecule has 0 unspecified atom stereocenters. The minimum Gasteiger partial charge on any atom is -0.493 e. The number of aromatic nitrogens is 2. The molecule has 0 radical (unpaired) electrons. The zero-order chi connectivity index (χ0) is 20.8. The van der Waals surface area contributed by atoms with Crippen LogP contribution in [0, 0.1) is 18.3 Å². The molecule has 1 aromatic heterocycles. The fourth-order valence-corrected chi connectivity index (χ4v) is 2.80. The molecule has 0 aliphatic rings. The average Bonchev–Trinajstić information content (AvgIpc) is 2.72. The molecule has 0 aliphatic carbocycles. The van der Waals surface area contributed by atoms with Crippen molar-refractivity contribution >= 4 is 23.1 Å². The molecule has 3 rings (SSSR count). The van der Waals surface area contributed by atoms with Crippen LogP contribution < -0.4 is 24.8 Å². The number of anilines is 4. The Morgan fingerprint density at radius 2 is 1.59 bits per heavy atom. The van der Waals surface area contributed by atoms with Gasteiger partial charge in [0.1, 0.15) is 11.9 Å². The number of para-hydroxylation sites is 1. The Hall–Kier alpha value is -3.99. The number of nitriles is 1. The van der Waals surface area contributed by atoms with Gasteiger partial charge in [0.15, 0.2) is 11.5 Å². The molecule has 0 fully saturated rings. The number of hydrogen-bond donors (Lipinski definition) is 2. The summed E-state index contributed by atoms with van der Waals surface area (Å²) >= 11 is 0. The quantitative estimate of drug-likeness (QED) is 0.619. The van der Waals surface area contributed by atoms with Crippen LogP contribution in [-0.4, -0.2) is 31.3 Å². The summed E-state index contributed by atoms with van der Waals surface area (Å²) < 4.78 is 16.1. The molecule has 0 spiro atoms. The van der Waals surface area contributed by atoms with Crippen LogP contribution in [0.2, 0.25) is 0 Å². The largest absolute Gasteiger partial charge is 0.493 e. The highest BCUT2D eigenvalue weighted by atomic mass is 16.5. The Morgan fingerprint density at radius 3 is 2.21 bits per heavy atom. The van der Waals surface area contributed by atoms with Crippen molar-refractivity contribution in [3.05, 3.63) is 53.7 Å². The van der Waals surface area contributed by atoms with Gasteiger partial charge in [-0.3, -0.25) is 0 Å². The summed E-state index contributed by atoms with van der Waals surface area (Å²) in [6.07, 6.45) is 0. The number of nitrogens with zero attached hydrogens (tertiary/aromatic N) is 3. The van der Waals surface area contributed by atoms with Gasteiger partial charge < -0.3 is 24.8 Å². The van der Waals surface area contributed by atoms with E-state index in [0.717, 1.165) is 5.69 Å². The predicted octanol–water partition coefficient (Wildman–Crippen LogP) is 4.17. The molecule has 3 aromatic rings. The normalized spacial score (nSPS) is 10.0. The summed E-state index contributed by atoms with van der Waals surface area (Å²) in [5.74, 6) is 2.49. The zero-order valence-electron chi connectivity index (χ0n) is 16.6. The molecule has 8 nitrogen and oxygen atoms in total. The van der Waals surface area contributed by atoms with Gasteiger partial charge in [0.05, 0.1) is 32.6 Å². The first-order valence-electron chi connectivity index (χ1n) is 8.76. The molecular weight excluding hydrogens is 370 g/mol. The molecule has 2 N–H and O–H groups in total. The van der Waals surface area contributed by atoms with Gasteiger partial charge in [-0.1, -0.05) is 12.1 Å². The van der Waals surface area contributed by atoms with E-state index in [1.165, 1.54) is 0 Å². The molecule has 0 saturated heterocycles. The maximum absolute atomic E-state index is 9.27. The van der Waals surface area contributed by atoms with Gasteiger partial charge in [0.25, 0.3) is 0 Å². The third-order valence-corrected chi connectivity index (χ3v) is 4.09. The van der Waals surface area contributed by atoms with E-state index in [4.69, 9.17) is 14.2 Å². The zero-order valence-corrected chi connectivity index (χ0v) is 16.6. The van der Waals surface area contributed by atoms with Crippen molar-refractivity contribution in [3.8, 4) is 23.3 Å². The first-order valence-corrected chi connectivity index (χ1v) is 8.76. The maximum atomic E-state index is 9.27. The van der Waals surface area contributed by atoms with Crippen LogP contribution >= 0.6 is 0 Å². The molecule has 0 atom stereocenters. The summed E-state index contributed by atoms with van der Waals surface area (Å²) in [5.41, 5.74) is 2.63. The fourth-order valence-electron chi connectivity index (χ4n) is 2.80. The third-order valence-electron chi connectivity index (χ3n) is 4.09. The highest BCUT2D eigenvalue weighted by molar-refractivity contribution is 5.68. The van der Waals surface area contributed by atoms with E-state index >= 15 is 0 Å². The summed E-state index contributed by atoms with van der Waals surface area (Å²) in [5, 5.41) is 15.6. The van der Waals surface area contributed by atoms with E-state index in [1.807, 2.05) is 25.1 Å². The van der Waals surface area contributed by atoms with Crippen molar-refractivity contribution in [1.29, 1.82) is 5.26 Å². The Kier molecular flexibility index (Phi) is 6.00. The average molecular weight is 391 g/mol. The Bertz CT molecular complexity index is 1040. The van der Waals surface area contributed by atoms with Gasteiger partial charge in [-0.15, -0.1) is 0 Å². The maximum Gasteiger partial charge on any atom is 0.229 e. The Balaban J connectivity index is 1.92. The highest BCUT2D eigenvalue weighted by Crippen LogP contribution is 2.40. The topological polar surface area (TPSA) is 101 Å². The van der Waals surface area contributed by atoms with E-state index in [-0.39, 0.29) is 0 Å². The van der Waals surface area contributed by atoms with E-state index in [9.17, 15) is 5.26 Å². The molecule has 29 heavy (non-hydrogen) atoms. The fraction of sp³-hybridized carbons (Fsp3) is 0.190. The van der Waals surface area contributed by atoms with Crippen molar-refractivity contribution in [2.45, 2.75) is 6.92 Å². The summed E-state index contributed by atoms with van der Waals surface area (Å²) in [4.78, 5) is 8.92. The van der Waals surface area contributed by atoms with Gasteiger partial charge in [-0.2, -0.15) is 10.2 Å². The summed E-state index contributed by atoms with van der Waals surface area (Å²) in [7, 11) is 4.66. The van der Waals surface area contributed by atoms with Gasteiger partial charge >= 0.3 is 0 Å². The summed E-state index contributed by atoms with van der Waals surface area (Å²) in [6, 6.07) is 14.7. The van der Waals surface area contributed by atoms with Crippen molar-refractivity contribution in [3.63, 3.8) is 0 Å². The van der Waals surface area contributed by atoms with Crippen molar-refractivity contribution in [1.82, 2.24) is 9.97 Å². The first kappa shape index (κ1) is 19.8. The number of methoxy groups -OCH3 is 3. The minimum atomic E-state index is 0.385. The monoisotopic (exact) mass is 391 g/mol. The van der Waals surface area contributed by atoms with Crippen LogP contribution in [0.25, 0.3) is 0 Å². The first-order chi connectivity index (χ1) is 14.1. The number of nitrogens with one attached hydrogen (secondary N) is 2. The molecular formula is C21H21N5O3. The number of benzene rings is 2. The van der Waals surface area contributed by atoms with E-state index in [1.54, 1.807) is 45.6 Å². The molecule has 0 bridgehead atoms.